The summed E-state index contributed by atoms with van der Waals surface area (Å²) in [7, 11) is 0.849. The van der Waals surface area contributed by atoms with Crippen LogP contribution < -0.4 is 0 Å². The minimum Gasteiger partial charge on any atom is -0.478 e. The van der Waals surface area contributed by atoms with Crippen molar-refractivity contribution in [2.24, 2.45) is 0 Å². The predicted octanol–water partition coefficient (Wildman–Crippen LogP) is 0.874. The summed E-state index contributed by atoms with van der Waals surface area (Å²) in [4.78, 5) is 22.4. The molecule has 1 aromatic carbocycles. The number of carboxylic acid groups (broad SMARTS) is 2. The van der Waals surface area contributed by atoms with Crippen molar-refractivity contribution in [3.8, 4) is 0 Å². The lowest BCUT2D eigenvalue weighted by Gasteiger charge is -2.17. The molecule has 1 aromatic rings. The van der Waals surface area contributed by atoms with E-state index in [0.717, 1.165) is 27.4 Å². The van der Waals surface area contributed by atoms with E-state index < -0.39 is 11.9 Å². The van der Waals surface area contributed by atoms with Crippen LogP contribution in [-0.4, -0.2) is 32.4 Å². The molecular formula is C12H16O4Si. The fourth-order valence-corrected chi connectivity index (χ4v) is 3.17. The van der Waals surface area contributed by atoms with Gasteiger partial charge in [0.05, 0.1) is 11.1 Å². The zero-order valence-corrected chi connectivity index (χ0v) is 12.4. The van der Waals surface area contributed by atoms with Crippen LogP contribution in [0, 0.1) is 20.8 Å². The summed E-state index contributed by atoms with van der Waals surface area (Å²) in [5.41, 5.74) is 2.90. The average molecular weight is 252 g/mol. The first-order valence-electron chi connectivity index (χ1n) is 5.42. The molecule has 0 aliphatic heterocycles. The fourth-order valence-electron chi connectivity index (χ4n) is 2.29. The Kier molecular flexibility index (Phi) is 3.72. The van der Waals surface area contributed by atoms with Crippen molar-refractivity contribution in [1.29, 1.82) is 0 Å². The summed E-state index contributed by atoms with van der Waals surface area (Å²) in [6.45, 7) is 5.10. The van der Waals surface area contributed by atoms with Crippen molar-refractivity contribution in [1.82, 2.24) is 0 Å². The first-order valence-corrected chi connectivity index (χ1v) is 6.83. The van der Waals surface area contributed by atoms with E-state index >= 15 is 0 Å². The van der Waals surface area contributed by atoms with E-state index in [4.69, 9.17) is 5.11 Å². The molecule has 0 heterocycles. The summed E-state index contributed by atoms with van der Waals surface area (Å²) in [5, 5.41) is 18.4. The minimum atomic E-state index is -1.06. The van der Waals surface area contributed by atoms with Gasteiger partial charge < -0.3 is 10.2 Å². The molecule has 5 heteroatoms. The topological polar surface area (TPSA) is 74.6 Å². The Balaban J connectivity index is 3.82. The van der Waals surface area contributed by atoms with Gasteiger partial charge in [-0.1, -0.05) is 0 Å². The van der Waals surface area contributed by atoms with Crippen molar-refractivity contribution in [3.63, 3.8) is 0 Å². The van der Waals surface area contributed by atoms with Gasteiger partial charge in [-0.15, -0.1) is 0 Å². The largest absolute Gasteiger partial charge is 0.478 e. The molecule has 17 heavy (non-hydrogen) atoms. The van der Waals surface area contributed by atoms with Gasteiger partial charge in [-0.25, -0.2) is 9.59 Å². The maximum absolute atomic E-state index is 11.3. The zero-order chi connectivity index (χ0) is 13.3. The third-order valence-electron chi connectivity index (χ3n) is 3.22. The predicted molar refractivity (Wildman–Crippen MR) is 68.2 cm³/mol. The number of rotatable bonds is 3. The van der Waals surface area contributed by atoms with Gasteiger partial charge in [-0.3, -0.25) is 0 Å². The number of hydrogen-bond donors (Lipinski definition) is 2. The number of hydrogen-bond acceptors (Lipinski definition) is 2. The van der Waals surface area contributed by atoms with Crippen molar-refractivity contribution in [2.45, 2.75) is 26.8 Å². The average Bonchev–Trinajstić information content (AvgIpc) is 2.21. The van der Waals surface area contributed by atoms with Gasteiger partial charge in [-0.2, -0.15) is 0 Å². The van der Waals surface area contributed by atoms with Crippen LogP contribution in [0.3, 0.4) is 0 Å². The first kappa shape index (κ1) is 13.4. The number of carboxylic acids is 2. The Labute approximate surface area is 103 Å². The van der Waals surface area contributed by atoms with E-state index in [2.05, 4.69) is 0 Å². The van der Waals surface area contributed by atoms with Gasteiger partial charge in [0.2, 0.25) is 0 Å². The molecule has 4 nitrogen and oxygen atoms in total. The molecule has 0 amide bonds. The van der Waals surface area contributed by atoms with Gasteiger partial charge in [0.1, 0.15) is 0 Å². The Morgan fingerprint density at radius 2 is 1.41 bits per heavy atom. The van der Waals surface area contributed by atoms with Gasteiger partial charge in [0.15, 0.2) is 0 Å². The van der Waals surface area contributed by atoms with Gasteiger partial charge in [-0.05, 0) is 49.1 Å². The lowest BCUT2D eigenvalue weighted by Crippen LogP contribution is -2.15. The second kappa shape index (κ2) is 4.71. The molecular weight excluding hydrogens is 236 g/mol. The molecule has 0 saturated heterocycles. The van der Waals surface area contributed by atoms with Crippen LogP contribution in [0.1, 0.15) is 43.0 Å². The van der Waals surface area contributed by atoms with E-state index in [9.17, 15) is 14.7 Å². The maximum atomic E-state index is 11.3. The van der Waals surface area contributed by atoms with Gasteiger partial charge in [0.25, 0.3) is 0 Å². The minimum absolute atomic E-state index is 0.124. The van der Waals surface area contributed by atoms with Crippen LogP contribution in [0.4, 0.5) is 0 Å². The van der Waals surface area contributed by atoms with Crippen molar-refractivity contribution in [3.05, 3.63) is 33.4 Å². The molecule has 0 bridgehead atoms. The highest BCUT2D eigenvalue weighted by atomic mass is 28.1. The molecule has 0 aromatic heterocycles. The quantitative estimate of drug-likeness (QED) is 0.783. The zero-order valence-electron chi connectivity index (χ0n) is 10.4. The van der Waals surface area contributed by atoms with Crippen molar-refractivity contribution >= 4 is 22.2 Å². The molecule has 0 atom stereocenters. The molecule has 0 radical (unpaired) electrons. The fraction of sp³-hybridized carbons (Fsp3) is 0.333. The second-order valence-electron chi connectivity index (χ2n) is 4.07. The Hall–Kier alpha value is -1.62. The van der Waals surface area contributed by atoms with Crippen LogP contribution in [-0.2, 0) is 6.04 Å². The molecule has 0 unspecified atom stereocenters. The smallest absolute Gasteiger partial charge is 0.336 e. The van der Waals surface area contributed by atoms with Crippen molar-refractivity contribution in [2.75, 3.05) is 0 Å². The summed E-state index contributed by atoms with van der Waals surface area (Å²) in [5.74, 6) is -2.11. The van der Waals surface area contributed by atoms with Crippen molar-refractivity contribution < 1.29 is 19.8 Å². The summed E-state index contributed by atoms with van der Waals surface area (Å²) >= 11 is 0. The summed E-state index contributed by atoms with van der Waals surface area (Å²) in [6, 6.07) is 0.717. The van der Waals surface area contributed by atoms with E-state index in [1.54, 1.807) is 20.8 Å². The van der Waals surface area contributed by atoms with Crippen LogP contribution >= 0.6 is 0 Å². The summed E-state index contributed by atoms with van der Waals surface area (Å²) < 4.78 is 0. The van der Waals surface area contributed by atoms with Crippen LogP contribution in [0.5, 0.6) is 0 Å². The number of aromatic carboxylic acids is 2. The van der Waals surface area contributed by atoms with E-state index in [1.165, 1.54) is 0 Å². The normalized spacial score (nSPS) is 10.5. The van der Waals surface area contributed by atoms with Gasteiger partial charge >= 0.3 is 11.9 Å². The SMILES string of the molecule is Cc1c(C)c(C(=O)O)c(C)c(C(=O)O)c1C[SiH3]. The van der Waals surface area contributed by atoms with Crippen LogP contribution in [0.2, 0.25) is 0 Å². The third kappa shape index (κ3) is 2.10. The molecule has 0 saturated carbocycles. The Morgan fingerprint density at radius 1 is 0.941 bits per heavy atom. The van der Waals surface area contributed by atoms with E-state index in [-0.39, 0.29) is 11.1 Å². The standard InChI is InChI=1S/C12H16O4Si/c1-5-6(2)9(11(13)14)7(3)10(12(15)16)8(5)4-17/h4H2,1-3,17H3,(H,13,14)(H,15,16). The second-order valence-corrected chi connectivity index (χ2v) is 4.77. The molecule has 92 valence electrons. The van der Waals surface area contributed by atoms with E-state index in [1.807, 2.05) is 0 Å². The molecule has 0 aliphatic carbocycles. The highest BCUT2D eigenvalue weighted by Crippen LogP contribution is 2.27. The van der Waals surface area contributed by atoms with Crippen LogP contribution in [0.15, 0.2) is 0 Å². The number of benzene rings is 1. The lowest BCUT2D eigenvalue weighted by atomic mass is 9.89. The van der Waals surface area contributed by atoms with Gasteiger partial charge in [0, 0.05) is 10.2 Å². The van der Waals surface area contributed by atoms with E-state index in [0.29, 0.717) is 11.1 Å². The first-order chi connectivity index (χ1) is 7.82. The lowest BCUT2D eigenvalue weighted by molar-refractivity contribution is 0.0695. The van der Waals surface area contributed by atoms with Crippen LogP contribution in [0.25, 0.3) is 0 Å². The third-order valence-corrected chi connectivity index (χ3v) is 3.93. The Bertz CT molecular complexity index is 506. The molecule has 0 spiro atoms. The molecule has 1 rings (SSSR count). The highest BCUT2D eigenvalue weighted by Gasteiger charge is 2.23. The summed E-state index contributed by atoms with van der Waals surface area (Å²) in [6.07, 6.45) is 0. The highest BCUT2D eigenvalue weighted by molar-refractivity contribution is 6.10. The Morgan fingerprint density at radius 3 is 1.76 bits per heavy atom. The maximum Gasteiger partial charge on any atom is 0.336 e. The molecule has 0 fully saturated rings. The number of carbonyl (C=O) groups is 2. The molecule has 0 aliphatic rings. The monoisotopic (exact) mass is 252 g/mol. The molecule has 2 N–H and O–H groups in total.